The Morgan fingerprint density at radius 1 is 1.35 bits per heavy atom. The van der Waals surface area contributed by atoms with Crippen molar-refractivity contribution < 1.29 is 0 Å². The van der Waals surface area contributed by atoms with Crippen LogP contribution in [0.5, 0.6) is 0 Å². The molecule has 1 aliphatic carbocycles. The average Bonchev–Trinajstić information content (AvgIpc) is 3.20. The lowest BCUT2D eigenvalue weighted by molar-refractivity contribution is 0.875. The predicted octanol–water partition coefficient (Wildman–Crippen LogP) is 2.88. The fraction of sp³-hybridized carbons (Fsp3) is 0.533. The molecule has 2 heterocycles. The highest BCUT2D eigenvalue weighted by molar-refractivity contribution is 5.63. The normalized spacial score (nSPS) is 14.6. The summed E-state index contributed by atoms with van der Waals surface area (Å²) in [5.74, 6) is 3.37. The summed E-state index contributed by atoms with van der Waals surface area (Å²) in [5.41, 5.74) is 2.03. The second-order valence-corrected chi connectivity index (χ2v) is 5.47. The second-order valence-electron chi connectivity index (χ2n) is 5.47. The topological polar surface area (TPSA) is 55.6 Å². The summed E-state index contributed by atoms with van der Waals surface area (Å²) in [7, 11) is 2.00. The van der Waals surface area contributed by atoms with Gasteiger partial charge in [-0.1, -0.05) is 6.92 Å². The van der Waals surface area contributed by atoms with Crippen molar-refractivity contribution in [2.24, 2.45) is 7.05 Å². The lowest BCUT2D eigenvalue weighted by atomic mass is 10.2. The molecule has 2 aromatic heterocycles. The highest BCUT2D eigenvalue weighted by atomic mass is 15.1. The average molecular weight is 271 g/mol. The minimum atomic E-state index is 0.539. The molecule has 1 saturated carbocycles. The largest absolute Gasteiger partial charge is 0.370 e. The van der Waals surface area contributed by atoms with Gasteiger partial charge < -0.3 is 9.88 Å². The molecule has 20 heavy (non-hydrogen) atoms. The van der Waals surface area contributed by atoms with E-state index in [4.69, 9.17) is 9.97 Å². The van der Waals surface area contributed by atoms with E-state index in [0.29, 0.717) is 5.92 Å². The summed E-state index contributed by atoms with van der Waals surface area (Å²) in [6, 6.07) is 0. The number of rotatable bonds is 5. The van der Waals surface area contributed by atoms with Crippen molar-refractivity contribution in [2.75, 3.05) is 11.9 Å². The van der Waals surface area contributed by atoms with Gasteiger partial charge in [0.05, 0.1) is 0 Å². The van der Waals surface area contributed by atoms with Crippen molar-refractivity contribution in [3.8, 4) is 11.5 Å². The van der Waals surface area contributed by atoms with Gasteiger partial charge >= 0.3 is 0 Å². The van der Waals surface area contributed by atoms with Crippen LogP contribution in [0.3, 0.4) is 0 Å². The van der Waals surface area contributed by atoms with Crippen LogP contribution in [0.2, 0.25) is 0 Å². The first-order chi connectivity index (χ1) is 9.70. The third-order valence-electron chi connectivity index (χ3n) is 3.68. The molecule has 0 aliphatic heterocycles. The van der Waals surface area contributed by atoms with Gasteiger partial charge in [0.2, 0.25) is 0 Å². The molecule has 0 saturated heterocycles. The number of anilines is 1. The molecule has 5 heteroatoms. The SMILES string of the molecule is CCCNc1nc(C2CC2)nc(-c2nccn2C)c1C. The summed E-state index contributed by atoms with van der Waals surface area (Å²) in [4.78, 5) is 13.9. The zero-order valence-corrected chi connectivity index (χ0v) is 12.3. The molecule has 0 radical (unpaired) electrons. The monoisotopic (exact) mass is 271 g/mol. The molecule has 3 rings (SSSR count). The number of aromatic nitrogens is 4. The van der Waals surface area contributed by atoms with E-state index in [0.717, 1.165) is 41.7 Å². The van der Waals surface area contributed by atoms with E-state index in [9.17, 15) is 0 Å². The van der Waals surface area contributed by atoms with Gasteiger partial charge in [-0.2, -0.15) is 0 Å². The summed E-state index contributed by atoms with van der Waals surface area (Å²) < 4.78 is 2.01. The molecule has 1 N–H and O–H groups in total. The van der Waals surface area contributed by atoms with Crippen LogP contribution < -0.4 is 5.32 Å². The van der Waals surface area contributed by atoms with Gasteiger partial charge in [0.1, 0.15) is 17.3 Å². The fourth-order valence-corrected chi connectivity index (χ4v) is 2.29. The first-order valence-electron chi connectivity index (χ1n) is 7.30. The Labute approximate surface area is 119 Å². The molecule has 1 aliphatic rings. The Morgan fingerprint density at radius 2 is 2.15 bits per heavy atom. The second kappa shape index (κ2) is 5.23. The minimum absolute atomic E-state index is 0.539. The molecule has 0 spiro atoms. The van der Waals surface area contributed by atoms with E-state index in [1.54, 1.807) is 0 Å². The van der Waals surface area contributed by atoms with Crippen LogP contribution in [-0.4, -0.2) is 26.1 Å². The first-order valence-corrected chi connectivity index (χ1v) is 7.30. The van der Waals surface area contributed by atoms with Gasteiger partial charge in [0.25, 0.3) is 0 Å². The lowest BCUT2D eigenvalue weighted by Crippen LogP contribution is -2.10. The Balaban J connectivity index is 2.07. The van der Waals surface area contributed by atoms with E-state index in [1.807, 2.05) is 24.0 Å². The molecule has 106 valence electrons. The smallest absolute Gasteiger partial charge is 0.158 e. The van der Waals surface area contributed by atoms with Crippen LogP contribution in [0.25, 0.3) is 11.5 Å². The van der Waals surface area contributed by atoms with Crippen LogP contribution in [0.4, 0.5) is 5.82 Å². The molecular weight excluding hydrogens is 250 g/mol. The minimum Gasteiger partial charge on any atom is -0.370 e. The molecule has 2 aromatic rings. The Kier molecular flexibility index (Phi) is 3.42. The van der Waals surface area contributed by atoms with Gasteiger partial charge in [-0.25, -0.2) is 15.0 Å². The van der Waals surface area contributed by atoms with Crippen molar-refractivity contribution in [3.63, 3.8) is 0 Å². The highest BCUT2D eigenvalue weighted by Crippen LogP contribution is 2.39. The number of imidazole rings is 1. The predicted molar refractivity (Wildman–Crippen MR) is 79.7 cm³/mol. The first kappa shape index (κ1) is 13.1. The number of nitrogens with one attached hydrogen (secondary N) is 1. The van der Waals surface area contributed by atoms with Crippen LogP contribution in [0.15, 0.2) is 12.4 Å². The van der Waals surface area contributed by atoms with Crippen molar-refractivity contribution >= 4 is 5.82 Å². The van der Waals surface area contributed by atoms with Crippen LogP contribution in [0, 0.1) is 6.92 Å². The van der Waals surface area contributed by atoms with Crippen LogP contribution in [0.1, 0.15) is 43.5 Å². The molecule has 0 bridgehead atoms. The summed E-state index contributed by atoms with van der Waals surface area (Å²) in [5, 5.41) is 3.42. The Hall–Kier alpha value is -1.91. The van der Waals surface area contributed by atoms with Crippen LogP contribution >= 0.6 is 0 Å². The summed E-state index contributed by atoms with van der Waals surface area (Å²) >= 11 is 0. The molecule has 0 unspecified atom stereocenters. The third-order valence-corrected chi connectivity index (χ3v) is 3.68. The van der Waals surface area contributed by atoms with E-state index in [-0.39, 0.29) is 0 Å². The van der Waals surface area contributed by atoms with E-state index in [1.165, 1.54) is 12.8 Å². The van der Waals surface area contributed by atoms with Crippen molar-refractivity contribution in [1.29, 1.82) is 0 Å². The molecule has 0 aromatic carbocycles. The number of nitrogens with zero attached hydrogens (tertiary/aromatic N) is 4. The molecule has 1 fully saturated rings. The number of aryl methyl sites for hydroxylation is 1. The zero-order chi connectivity index (χ0) is 14.1. The maximum atomic E-state index is 4.77. The Morgan fingerprint density at radius 3 is 2.75 bits per heavy atom. The summed E-state index contributed by atoms with van der Waals surface area (Å²) in [6.07, 6.45) is 7.26. The third kappa shape index (κ3) is 2.40. The van der Waals surface area contributed by atoms with E-state index in [2.05, 4.69) is 24.1 Å². The molecule has 0 amide bonds. The lowest BCUT2D eigenvalue weighted by Gasteiger charge is -2.13. The maximum absolute atomic E-state index is 4.77. The summed E-state index contributed by atoms with van der Waals surface area (Å²) in [6.45, 7) is 5.16. The van der Waals surface area contributed by atoms with Gasteiger partial charge in [0, 0.05) is 37.5 Å². The number of hydrogen-bond acceptors (Lipinski definition) is 4. The molecular formula is C15H21N5. The van der Waals surface area contributed by atoms with Gasteiger partial charge in [-0.15, -0.1) is 0 Å². The van der Waals surface area contributed by atoms with Gasteiger partial charge in [0.15, 0.2) is 5.82 Å². The van der Waals surface area contributed by atoms with E-state index < -0.39 is 0 Å². The van der Waals surface area contributed by atoms with Gasteiger partial charge in [-0.3, -0.25) is 0 Å². The van der Waals surface area contributed by atoms with E-state index >= 15 is 0 Å². The van der Waals surface area contributed by atoms with Crippen LogP contribution in [-0.2, 0) is 7.05 Å². The van der Waals surface area contributed by atoms with Crippen molar-refractivity contribution in [3.05, 3.63) is 23.8 Å². The Bertz CT molecular complexity index is 613. The molecule has 5 nitrogen and oxygen atoms in total. The molecule has 0 atom stereocenters. The number of hydrogen-bond donors (Lipinski definition) is 1. The standard InChI is InChI=1S/C15H21N5/c1-4-7-16-13-10(2)12(15-17-8-9-20(15)3)18-14(19-13)11-5-6-11/h8-9,11H,4-7H2,1-3H3,(H,16,18,19). The zero-order valence-electron chi connectivity index (χ0n) is 12.3. The van der Waals surface area contributed by atoms with Crippen molar-refractivity contribution in [1.82, 2.24) is 19.5 Å². The maximum Gasteiger partial charge on any atom is 0.158 e. The van der Waals surface area contributed by atoms with Crippen molar-refractivity contribution in [2.45, 2.75) is 39.0 Å². The fourth-order valence-electron chi connectivity index (χ4n) is 2.29. The van der Waals surface area contributed by atoms with Gasteiger partial charge in [-0.05, 0) is 26.2 Å². The quantitative estimate of drug-likeness (QED) is 0.908. The highest BCUT2D eigenvalue weighted by Gasteiger charge is 2.28.